The van der Waals surface area contributed by atoms with Gasteiger partial charge in [0.1, 0.15) is 0 Å². The first-order valence-electron chi connectivity index (χ1n) is 6.16. The van der Waals surface area contributed by atoms with Crippen molar-refractivity contribution in [3.05, 3.63) is 29.5 Å². The lowest BCUT2D eigenvalue weighted by Crippen LogP contribution is -1.93. The zero-order chi connectivity index (χ0) is 11.8. The lowest BCUT2D eigenvalue weighted by atomic mass is 9.99. The SMILES string of the molecule is CC(=O)c1ccc2c(C3CCCC3)noc2c1. The van der Waals surface area contributed by atoms with Crippen LogP contribution in [-0.4, -0.2) is 10.9 Å². The summed E-state index contributed by atoms with van der Waals surface area (Å²) in [5, 5.41) is 5.26. The van der Waals surface area contributed by atoms with Crippen molar-refractivity contribution < 1.29 is 9.32 Å². The van der Waals surface area contributed by atoms with E-state index >= 15 is 0 Å². The van der Waals surface area contributed by atoms with Gasteiger partial charge in [-0.2, -0.15) is 0 Å². The highest BCUT2D eigenvalue weighted by Gasteiger charge is 2.23. The Morgan fingerprint density at radius 2 is 2.12 bits per heavy atom. The molecule has 3 heteroatoms. The van der Waals surface area contributed by atoms with Gasteiger partial charge in [0.15, 0.2) is 11.4 Å². The van der Waals surface area contributed by atoms with E-state index in [9.17, 15) is 4.79 Å². The maximum Gasteiger partial charge on any atom is 0.167 e. The van der Waals surface area contributed by atoms with Gasteiger partial charge in [-0.15, -0.1) is 0 Å². The molecule has 0 unspecified atom stereocenters. The molecule has 2 aromatic rings. The van der Waals surface area contributed by atoms with Gasteiger partial charge >= 0.3 is 0 Å². The quantitative estimate of drug-likeness (QED) is 0.737. The Bertz CT molecular complexity index is 565. The topological polar surface area (TPSA) is 43.1 Å². The average Bonchev–Trinajstić information content (AvgIpc) is 2.96. The predicted octanol–water partition coefficient (Wildman–Crippen LogP) is 3.69. The van der Waals surface area contributed by atoms with Crippen LogP contribution in [0.25, 0.3) is 11.0 Å². The predicted molar refractivity (Wildman–Crippen MR) is 65.2 cm³/mol. The Hall–Kier alpha value is -1.64. The van der Waals surface area contributed by atoms with Gasteiger partial charge in [-0.05, 0) is 31.9 Å². The smallest absolute Gasteiger partial charge is 0.167 e. The maximum atomic E-state index is 11.3. The third kappa shape index (κ3) is 1.75. The molecular weight excluding hydrogens is 214 g/mol. The highest BCUT2D eigenvalue weighted by molar-refractivity contribution is 5.97. The molecule has 0 radical (unpaired) electrons. The fourth-order valence-corrected chi connectivity index (χ4v) is 2.67. The Labute approximate surface area is 99.8 Å². The second kappa shape index (κ2) is 3.99. The summed E-state index contributed by atoms with van der Waals surface area (Å²) in [5.41, 5.74) is 2.50. The van der Waals surface area contributed by atoms with Crippen LogP contribution in [0.3, 0.4) is 0 Å². The zero-order valence-corrected chi connectivity index (χ0v) is 9.90. The molecule has 3 nitrogen and oxygen atoms in total. The van der Waals surface area contributed by atoms with E-state index in [1.165, 1.54) is 25.7 Å². The summed E-state index contributed by atoms with van der Waals surface area (Å²) in [4.78, 5) is 11.3. The van der Waals surface area contributed by atoms with E-state index in [2.05, 4.69) is 5.16 Å². The number of ketones is 1. The molecule has 1 heterocycles. The van der Waals surface area contributed by atoms with Crippen LogP contribution in [0.1, 0.15) is 54.6 Å². The molecule has 1 aromatic carbocycles. The molecule has 17 heavy (non-hydrogen) atoms. The van der Waals surface area contributed by atoms with Crippen molar-refractivity contribution in [1.29, 1.82) is 0 Å². The highest BCUT2D eigenvalue weighted by Crippen LogP contribution is 2.37. The molecule has 1 aliphatic rings. The molecule has 0 bridgehead atoms. The fraction of sp³-hybridized carbons (Fsp3) is 0.429. The molecule has 1 aliphatic carbocycles. The Morgan fingerprint density at radius 3 is 2.82 bits per heavy atom. The minimum absolute atomic E-state index is 0.0608. The van der Waals surface area contributed by atoms with Crippen molar-refractivity contribution in [1.82, 2.24) is 5.16 Å². The van der Waals surface area contributed by atoms with Crippen molar-refractivity contribution in [3.8, 4) is 0 Å². The fourth-order valence-electron chi connectivity index (χ4n) is 2.67. The summed E-state index contributed by atoms with van der Waals surface area (Å²) in [7, 11) is 0. The van der Waals surface area contributed by atoms with Gasteiger partial charge in [0.2, 0.25) is 0 Å². The average molecular weight is 229 g/mol. The summed E-state index contributed by atoms with van der Waals surface area (Å²) < 4.78 is 5.35. The second-order valence-corrected chi connectivity index (χ2v) is 4.82. The molecule has 1 fully saturated rings. The molecule has 1 saturated carbocycles. The number of fused-ring (bicyclic) bond motifs is 1. The van der Waals surface area contributed by atoms with Crippen LogP contribution >= 0.6 is 0 Å². The third-order valence-corrected chi connectivity index (χ3v) is 3.65. The van der Waals surface area contributed by atoms with E-state index in [-0.39, 0.29) is 5.78 Å². The Balaban J connectivity index is 2.07. The number of hydrogen-bond acceptors (Lipinski definition) is 3. The minimum atomic E-state index is 0.0608. The van der Waals surface area contributed by atoms with Crippen molar-refractivity contribution in [2.75, 3.05) is 0 Å². The van der Waals surface area contributed by atoms with Crippen LogP contribution in [0.4, 0.5) is 0 Å². The van der Waals surface area contributed by atoms with Gasteiger partial charge in [-0.25, -0.2) is 0 Å². The normalized spacial score (nSPS) is 16.8. The van der Waals surface area contributed by atoms with Gasteiger partial charge in [0, 0.05) is 16.9 Å². The first kappa shape index (κ1) is 10.5. The highest BCUT2D eigenvalue weighted by atomic mass is 16.5. The van der Waals surface area contributed by atoms with Crippen LogP contribution < -0.4 is 0 Å². The van der Waals surface area contributed by atoms with Crippen molar-refractivity contribution >= 4 is 16.8 Å². The van der Waals surface area contributed by atoms with Gasteiger partial charge in [-0.3, -0.25) is 4.79 Å². The Kier molecular flexibility index (Phi) is 2.46. The van der Waals surface area contributed by atoms with Gasteiger partial charge in [-0.1, -0.05) is 24.1 Å². The number of carbonyl (C=O) groups is 1. The van der Waals surface area contributed by atoms with Crippen molar-refractivity contribution in [2.24, 2.45) is 0 Å². The molecular formula is C14H15NO2. The van der Waals surface area contributed by atoms with E-state index in [0.29, 0.717) is 11.5 Å². The molecule has 1 aromatic heterocycles. The van der Waals surface area contributed by atoms with Crippen LogP contribution in [0.15, 0.2) is 22.7 Å². The first-order valence-corrected chi connectivity index (χ1v) is 6.16. The molecule has 0 aliphatic heterocycles. The van der Waals surface area contributed by atoms with Gasteiger partial charge < -0.3 is 4.52 Å². The van der Waals surface area contributed by atoms with Gasteiger partial charge in [0.05, 0.1) is 5.69 Å². The molecule has 0 amide bonds. The first-order chi connectivity index (χ1) is 8.25. The van der Waals surface area contributed by atoms with E-state index in [1.807, 2.05) is 12.1 Å². The van der Waals surface area contributed by atoms with Crippen molar-refractivity contribution in [2.45, 2.75) is 38.5 Å². The van der Waals surface area contributed by atoms with Gasteiger partial charge in [0.25, 0.3) is 0 Å². The molecule has 88 valence electrons. The molecule has 0 atom stereocenters. The summed E-state index contributed by atoms with van der Waals surface area (Å²) >= 11 is 0. The maximum absolute atomic E-state index is 11.3. The number of aromatic nitrogens is 1. The minimum Gasteiger partial charge on any atom is -0.356 e. The number of Topliss-reactive ketones (excluding diaryl/α,β-unsaturated/α-hetero) is 1. The zero-order valence-electron chi connectivity index (χ0n) is 9.90. The van der Waals surface area contributed by atoms with Crippen molar-refractivity contribution in [3.63, 3.8) is 0 Å². The monoisotopic (exact) mass is 229 g/mol. The molecule has 0 spiro atoms. The Morgan fingerprint density at radius 1 is 1.35 bits per heavy atom. The third-order valence-electron chi connectivity index (χ3n) is 3.65. The summed E-state index contributed by atoms with van der Waals surface area (Å²) in [6.07, 6.45) is 4.97. The van der Waals surface area contributed by atoms with E-state index in [4.69, 9.17) is 4.52 Å². The number of carbonyl (C=O) groups excluding carboxylic acids is 1. The van der Waals surface area contributed by atoms with Crippen LogP contribution in [0.2, 0.25) is 0 Å². The van der Waals surface area contributed by atoms with E-state index in [1.54, 1.807) is 13.0 Å². The van der Waals surface area contributed by atoms with Crippen LogP contribution in [0.5, 0.6) is 0 Å². The lowest BCUT2D eigenvalue weighted by molar-refractivity contribution is 0.101. The van der Waals surface area contributed by atoms with Crippen LogP contribution in [0, 0.1) is 0 Å². The number of hydrogen-bond donors (Lipinski definition) is 0. The summed E-state index contributed by atoms with van der Waals surface area (Å²) in [5.74, 6) is 0.602. The van der Waals surface area contributed by atoms with Crippen LogP contribution in [-0.2, 0) is 0 Å². The van der Waals surface area contributed by atoms with E-state index in [0.717, 1.165) is 16.7 Å². The van der Waals surface area contributed by atoms with E-state index < -0.39 is 0 Å². The second-order valence-electron chi connectivity index (χ2n) is 4.82. The summed E-state index contributed by atoms with van der Waals surface area (Å²) in [6, 6.07) is 5.62. The largest absolute Gasteiger partial charge is 0.356 e. The molecule has 0 N–H and O–H groups in total. The number of benzene rings is 1. The molecule has 3 rings (SSSR count). The standard InChI is InChI=1S/C14H15NO2/c1-9(16)11-6-7-12-13(8-11)17-15-14(12)10-4-2-3-5-10/h6-8,10H,2-5H2,1H3. The summed E-state index contributed by atoms with van der Waals surface area (Å²) in [6.45, 7) is 1.56. The lowest BCUT2D eigenvalue weighted by Gasteiger charge is -2.03. The molecule has 0 saturated heterocycles. The number of nitrogens with zero attached hydrogens (tertiary/aromatic N) is 1. The number of rotatable bonds is 2.